The maximum absolute atomic E-state index is 12.6. The van der Waals surface area contributed by atoms with Gasteiger partial charge >= 0.3 is 0 Å². The average molecular weight is 353 g/mol. The molecule has 2 aromatic heterocycles. The van der Waals surface area contributed by atoms with Crippen LogP contribution in [0.15, 0.2) is 24.4 Å². The molecule has 1 amide bonds. The molecule has 0 bridgehead atoms. The van der Waals surface area contributed by atoms with E-state index in [4.69, 9.17) is 14.7 Å². The third-order valence-corrected chi connectivity index (χ3v) is 4.90. The summed E-state index contributed by atoms with van der Waals surface area (Å²) >= 11 is 0. The lowest BCUT2D eigenvalue weighted by atomic mass is 10.2. The number of aromatic nitrogens is 3. The Balaban J connectivity index is 1.60. The zero-order chi connectivity index (χ0) is 17.9. The number of pyridine rings is 1. The van der Waals surface area contributed by atoms with Gasteiger partial charge in [0.1, 0.15) is 11.5 Å². The molecule has 7 heteroatoms. The first-order valence-electron chi connectivity index (χ1n) is 9.10. The van der Waals surface area contributed by atoms with E-state index in [9.17, 15) is 4.79 Å². The molecule has 7 nitrogen and oxygen atoms in total. The summed E-state index contributed by atoms with van der Waals surface area (Å²) in [5.41, 5.74) is 3.01. The first-order chi connectivity index (χ1) is 12.7. The molecule has 0 radical (unpaired) electrons. The van der Waals surface area contributed by atoms with Crippen molar-refractivity contribution in [2.75, 3.05) is 44.8 Å². The Morgan fingerprint density at radius 3 is 2.85 bits per heavy atom. The van der Waals surface area contributed by atoms with E-state index in [0.29, 0.717) is 38.7 Å². The number of hydrogen-bond acceptors (Lipinski definition) is 6. The second-order valence-corrected chi connectivity index (χ2v) is 6.71. The lowest BCUT2D eigenvalue weighted by molar-refractivity contribution is -0.133. The number of likely N-dealkylation sites (N-methyl/N-ethyl adjacent to an activating group) is 1. The quantitative estimate of drug-likeness (QED) is 0.826. The highest BCUT2D eigenvalue weighted by molar-refractivity contribution is 5.81. The Morgan fingerprint density at radius 1 is 1.23 bits per heavy atom. The molecule has 2 aliphatic rings. The Hall–Kier alpha value is -2.54. The van der Waals surface area contributed by atoms with Gasteiger partial charge in [0.05, 0.1) is 19.8 Å². The van der Waals surface area contributed by atoms with E-state index in [1.54, 1.807) is 6.20 Å². The molecule has 26 heavy (non-hydrogen) atoms. The largest absolute Gasteiger partial charge is 0.378 e. The van der Waals surface area contributed by atoms with Crippen LogP contribution < -0.4 is 4.90 Å². The molecule has 1 fully saturated rings. The summed E-state index contributed by atoms with van der Waals surface area (Å²) in [7, 11) is 1.93. The Kier molecular flexibility index (Phi) is 4.79. The second kappa shape index (κ2) is 7.37. The fraction of sp³-hybridized carbons (Fsp3) is 0.474. The number of carbonyl (C=O) groups excluding carboxylic acids is 1. The molecule has 1 aliphatic heterocycles. The van der Waals surface area contributed by atoms with Gasteiger partial charge in [0, 0.05) is 37.6 Å². The number of ether oxygens (including phenoxy) is 1. The van der Waals surface area contributed by atoms with Gasteiger partial charge in [0.15, 0.2) is 5.82 Å². The number of fused-ring (bicyclic) bond motifs is 1. The normalized spacial score (nSPS) is 16.4. The molecule has 2 aromatic rings. The van der Waals surface area contributed by atoms with Gasteiger partial charge in [-0.05, 0) is 31.4 Å². The minimum absolute atomic E-state index is 0.112. The maximum Gasteiger partial charge on any atom is 0.242 e. The molecule has 0 saturated carbocycles. The van der Waals surface area contributed by atoms with Gasteiger partial charge in [-0.25, -0.2) is 9.97 Å². The van der Waals surface area contributed by atoms with E-state index in [1.807, 2.05) is 35.0 Å². The van der Waals surface area contributed by atoms with Crippen molar-refractivity contribution in [1.29, 1.82) is 0 Å². The molecular formula is C19H23N5O2. The summed E-state index contributed by atoms with van der Waals surface area (Å²) < 4.78 is 5.33. The molecule has 4 rings (SSSR count). The van der Waals surface area contributed by atoms with Crippen molar-refractivity contribution in [3.05, 3.63) is 35.7 Å². The Morgan fingerprint density at radius 2 is 2.08 bits per heavy atom. The molecule has 0 aromatic carbocycles. The van der Waals surface area contributed by atoms with Gasteiger partial charge in [0.2, 0.25) is 5.91 Å². The van der Waals surface area contributed by atoms with Gasteiger partial charge in [-0.1, -0.05) is 6.07 Å². The molecule has 3 heterocycles. The van der Waals surface area contributed by atoms with Gasteiger partial charge in [-0.3, -0.25) is 9.78 Å². The van der Waals surface area contributed by atoms with Crippen LogP contribution in [0.2, 0.25) is 0 Å². The van der Waals surface area contributed by atoms with Crippen LogP contribution in [-0.2, 0) is 22.4 Å². The summed E-state index contributed by atoms with van der Waals surface area (Å²) in [6, 6.07) is 5.73. The highest BCUT2D eigenvalue weighted by atomic mass is 16.5. The number of nitrogens with zero attached hydrogens (tertiary/aromatic N) is 5. The van der Waals surface area contributed by atoms with Crippen LogP contribution >= 0.6 is 0 Å². The molecule has 0 unspecified atom stereocenters. The topological polar surface area (TPSA) is 71.5 Å². The molecule has 0 atom stereocenters. The molecule has 0 spiro atoms. The monoisotopic (exact) mass is 353 g/mol. The van der Waals surface area contributed by atoms with E-state index < -0.39 is 0 Å². The number of amides is 1. The van der Waals surface area contributed by atoms with Gasteiger partial charge in [0.25, 0.3) is 0 Å². The van der Waals surface area contributed by atoms with Crippen molar-refractivity contribution >= 4 is 11.7 Å². The van der Waals surface area contributed by atoms with Gasteiger partial charge < -0.3 is 14.5 Å². The van der Waals surface area contributed by atoms with Gasteiger partial charge in [-0.2, -0.15) is 0 Å². The van der Waals surface area contributed by atoms with Crippen molar-refractivity contribution in [1.82, 2.24) is 19.9 Å². The molecule has 1 saturated heterocycles. The maximum atomic E-state index is 12.6. The van der Waals surface area contributed by atoms with E-state index in [-0.39, 0.29) is 5.91 Å². The highest BCUT2D eigenvalue weighted by Gasteiger charge is 2.25. The van der Waals surface area contributed by atoms with Crippen LogP contribution in [0.25, 0.3) is 11.5 Å². The first-order valence-corrected chi connectivity index (χ1v) is 9.10. The van der Waals surface area contributed by atoms with Crippen LogP contribution in [0, 0.1) is 0 Å². The predicted molar refractivity (Wildman–Crippen MR) is 98.0 cm³/mol. The SMILES string of the molecule is CN(CC(=O)N1CCOCC1)c1nc(-c2ccccn2)nc2c1CCC2. The van der Waals surface area contributed by atoms with Crippen molar-refractivity contribution in [3.8, 4) is 11.5 Å². The molecule has 1 aliphatic carbocycles. The Labute approximate surface area is 153 Å². The summed E-state index contributed by atoms with van der Waals surface area (Å²) in [6.07, 6.45) is 4.74. The molecule has 136 valence electrons. The number of anilines is 1. The lowest BCUT2D eigenvalue weighted by Crippen LogP contribution is -2.45. The number of rotatable bonds is 4. The fourth-order valence-corrected chi connectivity index (χ4v) is 3.53. The standard InChI is InChI=1S/C19H23N5O2/c1-23(13-17(25)24-9-11-26-12-10-24)19-14-5-4-7-15(14)21-18(22-19)16-6-2-3-8-20-16/h2-3,6,8H,4-5,7,9-13H2,1H3. The van der Waals surface area contributed by atoms with Crippen LogP contribution in [0.4, 0.5) is 5.82 Å². The minimum atomic E-state index is 0.112. The summed E-state index contributed by atoms with van der Waals surface area (Å²) in [4.78, 5) is 30.3. The average Bonchev–Trinajstić information content (AvgIpc) is 3.17. The van der Waals surface area contributed by atoms with E-state index in [2.05, 4.69) is 4.98 Å². The van der Waals surface area contributed by atoms with E-state index in [1.165, 1.54) is 5.56 Å². The summed E-state index contributed by atoms with van der Waals surface area (Å²) in [6.45, 7) is 2.86. The third kappa shape index (κ3) is 3.39. The van der Waals surface area contributed by atoms with E-state index in [0.717, 1.165) is 36.5 Å². The molecular weight excluding hydrogens is 330 g/mol. The van der Waals surface area contributed by atoms with Crippen LogP contribution in [0.5, 0.6) is 0 Å². The number of carbonyl (C=O) groups is 1. The zero-order valence-corrected chi connectivity index (χ0v) is 15.0. The summed E-state index contributed by atoms with van der Waals surface area (Å²) in [5.74, 6) is 1.60. The van der Waals surface area contributed by atoms with Crippen molar-refractivity contribution in [2.24, 2.45) is 0 Å². The fourth-order valence-electron chi connectivity index (χ4n) is 3.53. The highest BCUT2D eigenvalue weighted by Crippen LogP contribution is 2.30. The minimum Gasteiger partial charge on any atom is -0.378 e. The zero-order valence-electron chi connectivity index (χ0n) is 15.0. The van der Waals surface area contributed by atoms with Crippen molar-refractivity contribution < 1.29 is 9.53 Å². The third-order valence-electron chi connectivity index (χ3n) is 4.90. The first kappa shape index (κ1) is 16.9. The van der Waals surface area contributed by atoms with Crippen LogP contribution in [0.1, 0.15) is 17.7 Å². The summed E-state index contributed by atoms with van der Waals surface area (Å²) in [5, 5.41) is 0. The predicted octanol–water partition coefficient (Wildman–Crippen LogP) is 1.32. The van der Waals surface area contributed by atoms with E-state index >= 15 is 0 Å². The number of hydrogen-bond donors (Lipinski definition) is 0. The second-order valence-electron chi connectivity index (χ2n) is 6.71. The number of aryl methyl sites for hydroxylation is 1. The number of morpholine rings is 1. The molecule has 0 N–H and O–H groups in total. The lowest BCUT2D eigenvalue weighted by Gasteiger charge is -2.29. The smallest absolute Gasteiger partial charge is 0.242 e. The van der Waals surface area contributed by atoms with Crippen LogP contribution in [0.3, 0.4) is 0 Å². The van der Waals surface area contributed by atoms with Gasteiger partial charge in [-0.15, -0.1) is 0 Å². The van der Waals surface area contributed by atoms with Crippen LogP contribution in [-0.4, -0.2) is 65.7 Å². The van der Waals surface area contributed by atoms with Crippen molar-refractivity contribution in [3.63, 3.8) is 0 Å². The van der Waals surface area contributed by atoms with Crippen molar-refractivity contribution in [2.45, 2.75) is 19.3 Å². The Bertz CT molecular complexity index is 790.